The minimum absolute atomic E-state index is 0.0640. The fourth-order valence-electron chi connectivity index (χ4n) is 2.42. The average molecular weight is 328 g/mol. The van der Waals surface area contributed by atoms with E-state index < -0.39 is 0 Å². The smallest absolute Gasteiger partial charge is 0.221 e. The zero-order valence-electron chi connectivity index (χ0n) is 16.1. The van der Waals surface area contributed by atoms with Gasteiger partial charge in [0.1, 0.15) is 0 Å². The molecule has 0 aromatic carbocycles. The number of rotatable bonds is 10. The van der Waals surface area contributed by atoms with Crippen molar-refractivity contribution in [3.05, 3.63) is 0 Å². The Hall–Kier alpha value is -1.30. The largest absolute Gasteiger partial charge is 0.357 e. The van der Waals surface area contributed by atoms with Crippen molar-refractivity contribution in [2.75, 3.05) is 26.2 Å². The lowest BCUT2D eigenvalue weighted by Crippen LogP contribution is -2.42. The molecule has 1 amide bonds. The van der Waals surface area contributed by atoms with Gasteiger partial charge in [-0.15, -0.1) is 0 Å². The highest BCUT2D eigenvalue weighted by atomic mass is 16.1. The maximum Gasteiger partial charge on any atom is 0.221 e. The van der Waals surface area contributed by atoms with Crippen molar-refractivity contribution >= 4 is 11.9 Å². The van der Waals surface area contributed by atoms with Crippen molar-refractivity contribution in [1.82, 2.24) is 20.9 Å². The van der Waals surface area contributed by atoms with Crippen LogP contribution in [-0.2, 0) is 4.79 Å². The number of guanidine groups is 1. The molecule has 0 rings (SSSR count). The van der Waals surface area contributed by atoms with Gasteiger partial charge in [-0.05, 0) is 48.5 Å². The number of amides is 1. The third-order valence-electron chi connectivity index (χ3n) is 3.39. The lowest BCUT2D eigenvalue weighted by molar-refractivity contribution is -0.121. The summed E-state index contributed by atoms with van der Waals surface area (Å²) in [5.41, 5.74) is 0. The quantitative estimate of drug-likeness (QED) is 0.421. The molecule has 0 aromatic rings. The SMILES string of the molecule is CCNC(=NCCN(C(C)C)C(C)C)NCCC(=O)NC(C)C. The predicted molar refractivity (Wildman–Crippen MR) is 98.9 cm³/mol. The summed E-state index contributed by atoms with van der Waals surface area (Å²) in [6, 6.07) is 1.21. The molecule has 0 unspecified atom stereocenters. The predicted octanol–water partition coefficient (Wildman–Crippen LogP) is 1.58. The van der Waals surface area contributed by atoms with Gasteiger partial charge in [0.15, 0.2) is 5.96 Å². The van der Waals surface area contributed by atoms with Crippen LogP contribution in [0.3, 0.4) is 0 Å². The Morgan fingerprint density at radius 3 is 2.13 bits per heavy atom. The molecule has 0 aliphatic carbocycles. The van der Waals surface area contributed by atoms with E-state index in [1.165, 1.54) is 0 Å². The highest BCUT2D eigenvalue weighted by Crippen LogP contribution is 2.03. The lowest BCUT2D eigenvalue weighted by Gasteiger charge is -2.29. The third-order valence-corrected chi connectivity index (χ3v) is 3.39. The van der Waals surface area contributed by atoms with Gasteiger partial charge in [-0.25, -0.2) is 0 Å². The Kier molecular flexibility index (Phi) is 11.5. The summed E-state index contributed by atoms with van der Waals surface area (Å²) in [5.74, 6) is 0.839. The number of nitrogens with zero attached hydrogens (tertiary/aromatic N) is 2. The fourth-order valence-corrected chi connectivity index (χ4v) is 2.42. The first kappa shape index (κ1) is 21.7. The van der Waals surface area contributed by atoms with Crippen LogP contribution in [0.25, 0.3) is 0 Å². The van der Waals surface area contributed by atoms with Gasteiger partial charge in [-0.1, -0.05) is 0 Å². The second-order valence-corrected chi connectivity index (χ2v) is 6.58. The molecule has 6 heteroatoms. The summed E-state index contributed by atoms with van der Waals surface area (Å²) >= 11 is 0. The lowest BCUT2D eigenvalue weighted by atomic mass is 10.2. The van der Waals surface area contributed by atoms with E-state index in [2.05, 4.69) is 53.5 Å². The summed E-state index contributed by atoms with van der Waals surface area (Å²) in [5, 5.41) is 9.32. The van der Waals surface area contributed by atoms with E-state index >= 15 is 0 Å². The first-order valence-electron chi connectivity index (χ1n) is 8.85. The van der Waals surface area contributed by atoms with Crippen molar-refractivity contribution in [2.24, 2.45) is 4.99 Å². The molecule has 0 bridgehead atoms. The molecular weight excluding hydrogens is 290 g/mol. The zero-order valence-corrected chi connectivity index (χ0v) is 16.1. The van der Waals surface area contributed by atoms with Crippen LogP contribution < -0.4 is 16.0 Å². The van der Waals surface area contributed by atoms with E-state index in [0.717, 1.165) is 25.6 Å². The van der Waals surface area contributed by atoms with E-state index in [0.29, 0.717) is 25.0 Å². The molecule has 0 aliphatic heterocycles. The molecule has 0 saturated heterocycles. The molecule has 0 aliphatic rings. The van der Waals surface area contributed by atoms with Crippen LogP contribution in [0.1, 0.15) is 54.9 Å². The molecule has 0 radical (unpaired) electrons. The number of nitrogens with one attached hydrogen (secondary N) is 3. The maximum atomic E-state index is 11.6. The zero-order chi connectivity index (χ0) is 17.8. The van der Waals surface area contributed by atoms with Gasteiger partial charge in [0, 0.05) is 44.2 Å². The van der Waals surface area contributed by atoms with Gasteiger partial charge >= 0.3 is 0 Å². The molecular formula is C17H37N5O. The standard InChI is InChI=1S/C17H37N5O/c1-8-18-17(19-10-9-16(23)21-13(2)3)20-11-12-22(14(4)5)15(6)7/h13-15H,8-12H2,1-7H3,(H,21,23)(H2,18,19,20). The molecule has 0 aromatic heterocycles. The van der Waals surface area contributed by atoms with Crippen molar-refractivity contribution in [2.45, 2.75) is 73.0 Å². The monoisotopic (exact) mass is 327 g/mol. The van der Waals surface area contributed by atoms with E-state index in [1.54, 1.807) is 0 Å². The van der Waals surface area contributed by atoms with E-state index in [4.69, 9.17) is 0 Å². The molecule has 23 heavy (non-hydrogen) atoms. The van der Waals surface area contributed by atoms with Gasteiger partial charge < -0.3 is 16.0 Å². The van der Waals surface area contributed by atoms with E-state index in [9.17, 15) is 4.79 Å². The molecule has 0 fully saturated rings. The Morgan fingerprint density at radius 1 is 1.04 bits per heavy atom. The Morgan fingerprint density at radius 2 is 1.65 bits per heavy atom. The molecule has 6 nitrogen and oxygen atoms in total. The van der Waals surface area contributed by atoms with E-state index in [1.807, 2.05) is 20.8 Å². The topological polar surface area (TPSA) is 68.8 Å². The molecule has 0 saturated carbocycles. The Bertz CT molecular complexity index is 345. The minimum Gasteiger partial charge on any atom is -0.357 e. The maximum absolute atomic E-state index is 11.6. The first-order chi connectivity index (χ1) is 10.8. The number of hydrogen-bond acceptors (Lipinski definition) is 3. The van der Waals surface area contributed by atoms with Crippen LogP contribution >= 0.6 is 0 Å². The van der Waals surface area contributed by atoms with Gasteiger partial charge in [0.25, 0.3) is 0 Å². The van der Waals surface area contributed by atoms with Crippen molar-refractivity contribution < 1.29 is 4.79 Å². The molecule has 136 valence electrons. The van der Waals surface area contributed by atoms with Crippen LogP contribution in [0.4, 0.5) is 0 Å². The highest BCUT2D eigenvalue weighted by Gasteiger charge is 2.12. The molecule has 0 atom stereocenters. The second-order valence-electron chi connectivity index (χ2n) is 6.58. The fraction of sp³-hybridized carbons (Fsp3) is 0.882. The summed E-state index contributed by atoms with van der Waals surface area (Å²) in [4.78, 5) is 18.6. The number of hydrogen-bond donors (Lipinski definition) is 3. The van der Waals surface area contributed by atoms with Crippen LogP contribution in [0.5, 0.6) is 0 Å². The number of aliphatic imine (C=N–C) groups is 1. The van der Waals surface area contributed by atoms with Gasteiger partial charge in [0.2, 0.25) is 5.91 Å². The van der Waals surface area contributed by atoms with Crippen LogP contribution in [0.2, 0.25) is 0 Å². The van der Waals surface area contributed by atoms with Crippen molar-refractivity contribution in [3.63, 3.8) is 0 Å². The minimum atomic E-state index is 0.0640. The van der Waals surface area contributed by atoms with Crippen LogP contribution in [0, 0.1) is 0 Å². The third kappa shape index (κ3) is 11.0. The van der Waals surface area contributed by atoms with Crippen LogP contribution in [-0.4, -0.2) is 61.1 Å². The van der Waals surface area contributed by atoms with Gasteiger partial charge in [0.05, 0.1) is 6.54 Å². The van der Waals surface area contributed by atoms with Crippen LogP contribution in [0.15, 0.2) is 4.99 Å². The molecule has 0 spiro atoms. The molecule has 3 N–H and O–H groups in total. The number of carbonyl (C=O) groups is 1. The van der Waals surface area contributed by atoms with Gasteiger partial charge in [-0.3, -0.25) is 14.7 Å². The Balaban J connectivity index is 4.30. The summed E-state index contributed by atoms with van der Waals surface area (Å²) < 4.78 is 0. The summed E-state index contributed by atoms with van der Waals surface area (Å²) in [6.45, 7) is 17.9. The summed E-state index contributed by atoms with van der Waals surface area (Å²) in [6.07, 6.45) is 0.451. The molecule has 0 heterocycles. The summed E-state index contributed by atoms with van der Waals surface area (Å²) in [7, 11) is 0. The average Bonchev–Trinajstić information content (AvgIpc) is 2.41. The Labute approximate surface area is 142 Å². The normalized spacial score (nSPS) is 12.4. The number of carbonyl (C=O) groups excluding carboxylic acids is 1. The van der Waals surface area contributed by atoms with Crippen molar-refractivity contribution in [1.29, 1.82) is 0 Å². The van der Waals surface area contributed by atoms with E-state index in [-0.39, 0.29) is 11.9 Å². The van der Waals surface area contributed by atoms with Crippen molar-refractivity contribution in [3.8, 4) is 0 Å². The second kappa shape index (κ2) is 12.2. The highest BCUT2D eigenvalue weighted by molar-refractivity contribution is 5.81. The first-order valence-corrected chi connectivity index (χ1v) is 8.85. The van der Waals surface area contributed by atoms with Gasteiger partial charge in [-0.2, -0.15) is 0 Å².